The first kappa shape index (κ1) is 9.45. The summed E-state index contributed by atoms with van der Waals surface area (Å²) in [6.07, 6.45) is 1.66. The molecule has 0 unspecified atom stereocenters. The number of rotatable bonds is 2. The summed E-state index contributed by atoms with van der Waals surface area (Å²) in [5.41, 5.74) is 1.54. The van der Waals surface area contributed by atoms with E-state index in [-0.39, 0.29) is 18.5 Å². The Morgan fingerprint density at radius 1 is 1.33 bits per heavy atom. The molecule has 1 aliphatic heterocycles. The van der Waals surface area contributed by atoms with Crippen molar-refractivity contribution in [3.05, 3.63) is 36.4 Å². The van der Waals surface area contributed by atoms with E-state index in [4.69, 9.17) is 0 Å². The standard InChI is InChI=1S/C11H10N2O2/c1-2-8-5-3-4-6-9(8)13-7-10(14)12-11(13)15/h2-6H,1,7H2,(H,12,14,15). The fourth-order valence-electron chi connectivity index (χ4n) is 1.54. The van der Waals surface area contributed by atoms with E-state index in [0.29, 0.717) is 5.69 Å². The molecule has 1 N–H and O–H groups in total. The van der Waals surface area contributed by atoms with Crippen LogP contribution in [0.15, 0.2) is 30.8 Å². The number of hydrogen-bond acceptors (Lipinski definition) is 2. The zero-order valence-electron chi connectivity index (χ0n) is 8.06. The van der Waals surface area contributed by atoms with Crippen LogP contribution in [0.25, 0.3) is 6.08 Å². The molecule has 15 heavy (non-hydrogen) atoms. The molecule has 3 amide bonds. The molecule has 0 aliphatic carbocycles. The lowest BCUT2D eigenvalue weighted by atomic mass is 10.1. The second kappa shape index (κ2) is 3.57. The van der Waals surface area contributed by atoms with Gasteiger partial charge in [0.05, 0.1) is 5.69 Å². The number of carbonyl (C=O) groups excluding carboxylic acids is 2. The van der Waals surface area contributed by atoms with E-state index in [9.17, 15) is 9.59 Å². The molecular formula is C11H10N2O2. The smallest absolute Gasteiger partial charge is 0.284 e. The van der Waals surface area contributed by atoms with E-state index >= 15 is 0 Å². The Labute approximate surface area is 87.2 Å². The van der Waals surface area contributed by atoms with Crippen molar-refractivity contribution in [3.8, 4) is 0 Å². The van der Waals surface area contributed by atoms with Crippen LogP contribution in [0, 0.1) is 0 Å². The Morgan fingerprint density at radius 3 is 2.67 bits per heavy atom. The Bertz CT molecular complexity index is 440. The van der Waals surface area contributed by atoms with Gasteiger partial charge in [-0.3, -0.25) is 15.0 Å². The fraction of sp³-hybridized carbons (Fsp3) is 0.0909. The van der Waals surface area contributed by atoms with E-state index in [1.165, 1.54) is 4.90 Å². The minimum absolute atomic E-state index is 0.0731. The van der Waals surface area contributed by atoms with Crippen LogP contribution in [0.1, 0.15) is 5.56 Å². The van der Waals surface area contributed by atoms with Crippen molar-refractivity contribution >= 4 is 23.7 Å². The summed E-state index contributed by atoms with van der Waals surface area (Å²) in [7, 11) is 0. The highest BCUT2D eigenvalue weighted by atomic mass is 16.2. The predicted molar refractivity (Wildman–Crippen MR) is 57.4 cm³/mol. The molecule has 4 heteroatoms. The second-order valence-corrected chi connectivity index (χ2v) is 3.20. The summed E-state index contributed by atoms with van der Waals surface area (Å²) in [5, 5.41) is 2.23. The highest BCUT2D eigenvalue weighted by Crippen LogP contribution is 2.22. The van der Waals surface area contributed by atoms with Crippen molar-refractivity contribution in [2.75, 3.05) is 11.4 Å². The number of benzene rings is 1. The lowest BCUT2D eigenvalue weighted by Gasteiger charge is -2.15. The van der Waals surface area contributed by atoms with Gasteiger partial charge in [0, 0.05) is 0 Å². The van der Waals surface area contributed by atoms with Crippen LogP contribution in [-0.2, 0) is 4.79 Å². The van der Waals surface area contributed by atoms with Crippen LogP contribution >= 0.6 is 0 Å². The van der Waals surface area contributed by atoms with Crippen molar-refractivity contribution in [2.24, 2.45) is 0 Å². The topological polar surface area (TPSA) is 49.4 Å². The highest BCUT2D eigenvalue weighted by Gasteiger charge is 2.28. The zero-order chi connectivity index (χ0) is 10.8. The number of amides is 3. The normalized spacial score (nSPS) is 15.3. The largest absolute Gasteiger partial charge is 0.329 e. The van der Waals surface area contributed by atoms with Crippen LogP contribution in [0.2, 0.25) is 0 Å². The van der Waals surface area contributed by atoms with E-state index in [1.54, 1.807) is 12.1 Å². The molecule has 0 radical (unpaired) electrons. The maximum atomic E-state index is 11.4. The number of imide groups is 1. The van der Waals surface area contributed by atoms with Crippen LogP contribution in [-0.4, -0.2) is 18.5 Å². The molecule has 0 aromatic heterocycles. The van der Waals surface area contributed by atoms with Gasteiger partial charge in [-0.05, 0) is 11.6 Å². The van der Waals surface area contributed by atoms with Crippen LogP contribution < -0.4 is 10.2 Å². The van der Waals surface area contributed by atoms with Gasteiger partial charge in [0.2, 0.25) is 5.91 Å². The van der Waals surface area contributed by atoms with Gasteiger partial charge in [-0.2, -0.15) is 0 Å². The monoisotopic (exact) mass is 202 g/mol. The molecule has 0 atom stereocenters. The van der Waals surface area contributed by atoms with Crippen LogP contribution in [0.5, 0.6) is 0 Å². The van der Waals surface area contributed by atoms with Gasteiger partial charge in [0.15, 0.2) is 0 Å². The van der Waals surface area contributed by atoms with E-state index in [1.807, 2.05) is 18.2 Å². The van der Waals surface area contributed by atoms with Gasteiger partial charge in [-0.25, -0.2) is 4.79 Å². The summed E-state index contributed by atoms with van der Waals surface area (Å²) in [4.78, 5) is 23.9. The molecule has 1 aromatic rings. The molecule has 1 aromatic carbocycles. The molecule has 1 fully saturated rings. The van der Waals surface area contributed by atoms with Crippen molar-refractivity contribution in [1.82, 2.24) is 5.32 Å². The Hall–Kier alpha value is -2.10. The first-order chi connectivity index (χ1) is 7.22. The van der Waals surface area contributed by atoms with Crippen molar-refractivity contribution < 1.29 is 9.59 Å². The van der Waals surface area contributed by atoms with E-state index < -0.39 is 0 Å². The number of anilines is 1. The summed E-state index contributed by atoms with van der Waals surface area (Å²) in [6.45, 7) is 3.74. The van der Waals surface area contributed by atoms with Crippen LogP contribution in [0.3, 0.4) is 0 Å². The summed E-state index contributed by atoms with van der Waals surface area (Å²) in [6, 6.07) is 6.93. The minimum Gasteiger partial charge on any atom is -0.284 e. The molecule has 1 aliphatic rings. The van der Waals surface area contributed by atoms with Gasteiger partial charge in [0.1, 0.15) is 6.54 Å². The average Bonchev–Trinajstić information content (AvgIpc) is 2.57. The maximum Gasteiger partial charge on any atom is 0.329 e. The van der Waals surface area contributed by atoms with Gasteiger partial charge < -0.3 is 0 Å². The van der Waals surface area contributed by atoms with Crippen molar-refractivity contribution in [3.63, 3.8) is 0 Å². The Morgan fingerprint density at radius 2 is 2.07 bits per heavy atom. The molecule has 76 valence electrons. The molecular weight excluding hydrogens is 192 g/mol. The first-order valence-corrected chi connectivity index (χ1v) is 4.55. The van der Waals surface area contributed by atoms with Gasteiger partial charge in [0.25, 0.3) is 0 Å². The third-order valence-corrected chi connectivity index (χ3v) is 2.24. The first-order valence-electron chi connectivity index (χ1n) is 4.55. The lowest BCUT2D eigenvalue weighted by Crippen LogP contribution is -2.28. The molecule has 2 rings (SSSR count). The quantitative estimate of drug-likeness (QED) is 0.736. The van der Waals surface area contributed by atoms with Crippen LogP contribution in [0.4, 0.5) is 10.5 Å². The zero-order valence-corrected chi connectivity index (χ0v) is 8.06. The third-order valence-electron chi connectivity index (χ3n) is 2.24. The second-order valence-electron chi connectivity index (χ2n) is 3.20. The number of para-hydroxylation sites is 1. The number of nitrogens with one attached hydrogen (secondary N) is 1. The summed E-state index contributed by atoms with van der Waals surface area (Å²) >= 11 is 0. The highest BCUT2D eigenvalue weighted by molar-refractivity contribution is 6.12. The molecule has 4 nitrogen and oxygen atoms in total. The molecule has 0 spiro atoms. The summed E-state index contributed by atoms with van der Waals surface area (Å²) in [5.74, 6) is -0.279. The Balaban J connectivity index is 2.41. The van der Waals surface area contributed by atoms with Gasteiger partial charge in [-0.15, -0.1) is 0 Å². The van der Waals surface area contributed by atoms with Crippen molar-refractivity contribution in [2.45, 2.75) is 0 Å². The molecule has 0 bridgehead atoms. The number of urea groups is 1. The van der Waals surface area contributed by atoms with Gasteiger partial charge >= 0.3 is 6.03 Å². The van der Waals surface area contributed by atoms with E-state index in [2.05, 4.69) is 11.9 Å². The average molecular weight is 202 g/mol. The molecule has 1 saturated heterocycles. The Kier molecular flexibility index (Phi) is 2.25. The van der Waals surface area contributed by atoms with E-state index in [0.717, 1.165) is 5.56 Å². The number of nitrogens with zero attached hydrogens (tertiary/aromatic N) is 1. The summed E-state index contributed by atoms with van der Waals surface area (Å²) < 4.78 is 0. The third kappa shape index (κ3) is 1.61. The minimum atomic E-state index is -0.380. The molecule has 1 heterocycles. The van der Waals surface area contributed by atoms with Crippen molar-refractivity contribution in [1.29, 1.82) is 0 Å². The maximum absolute atomic E-state index is 11.4. The predicted octanol–water partition coefficient (Wildman–Crippen LogP) is 1.39. The SMILES string of the molecule is C=Cc1ccccc1N1CC(=O)NC1=O. The number of hydrogen-bond donors (Lipinski definition) is 1. The van der Waals surface area contributed by atoms with Gasteiger partial charge in [-0.1, -0.05) is 30.9 Å². The number of carbonyl (C=O) groups is 2. The lowest BCUT2D eigenvalue weighted by molar-refractivity contribution is -0.117. The fourth-order valence-corrected chi connectivity index (χ4v) is 1.54. The molecule has 0 saturated carbocycles.